The van der Waals surface area contributed by atoms with E-state index in [1.165, 1.54) is 0 Å². The molecule has 1 atom stereocenters. The van der Waals surface area contributed by atoms with Crippen molar-refractivity contribution >= 4 is 17.3 Å². The summed E-state index contributed by atoms with van der Waals surface area (Å²) in [5.74, 6) is 0. The van der Waals surface area contributed by atoms with Crippen molar-refractivity contribution in [2.24, 2.45) is 5.73 Å². The van der Waals surface area contributed by atoms with Crippen LogP contribution >= 0.6 is 0 Å². The fourth-order valence-electron chi connectivity index (χ4n) is 1.48. The number of nitrogens with two attached hydrogens (primary N) is 1. The van der Waals surface area contributed by atoms with Crippen LogP contribution in [0.4, 0.5) is 0 Å². The van der Waals surface area contributed by atoms with E-state index in [0.29, 0.717) is 6.42 Å². The van der Waals surface area contributed by atoms with Gasteiger partial charge in [0.1, 0.15) is 11.9 Å². The predicted octanol–water partition coefficient (Wildman–Crippen LogP) is 0.632. The molecule has 0 saturated heterocycles. The van der Waals surface area contributed by atoms with Crippen LogP contribution in [-0.2, 0) is 11.2 Å². The van der Waals surface area contributed by atoms with Crippen LogP contribution in [-0.4, -0.2) is 22.3 Å². The van der Waals surface area contributed by atoms with Gasteiger partial charge in [0.25, 0.3) is 0 Å². The molecule has 14 heavy (non-hydrogen) atoms. The maximum absolute atomic E-state index is 10.4. The number of rotatable bonds is 3. The highest BCUT2D eigenvalue weighted by Gasteiger charge is 2.07. The Balaban J connectivity index is 2.38. The molecule has 2 rings (SSSR count). The monoisotopic (exact) mass is 189 g/mol. The minimum atomic E-state index is -0.436. The lowest BCUT2D eigenvalue weighted by molar-refractivity contribution is -0.108. The summed E-state index contributed by atoms with van der Waals surface area (Å²) >= 11 is 0. The van der Waals surface area contributed by atoms with E-state index >= 15 is 0 Å². The van der Waals surface area contributed by atoms with E-state index < -0.39 is 6.04 Å². The molecule has 4 nitrogen and oxygen atoms in total. The van der Waals surface area contributed by atoms with Crippen molar-refractivity contribution in [3.05, 3.63) is 30.1 Å². The molecule has 0 radical (unpaired) electrons. The molecule has 2 aromatic heterocycles. The summed E-state index contributed by atoms with van der Waals surface area (Å²) in [5, 5.41) is 1.03. The molecule has 4 heteroatoms. The van der Waals surface area contributed by atoms with Crippen LogP contribution in [0.1, 0.15) is 5.56 Å². The van der Waals surface area contributed by atoms with Crippen molar-refractivity contribution in [3.63, 3.8) is 0 Å². The number of carbonyl (C=O) groups is 1. The Bertz CT molecular complexity index is 449. The lowest BCUT2D eigenvalue weighted by Gasteiger charge is -2.01. The second kappa shape index (κ2) is 3.59. The third-order valence-electron chi connectivity index (χ3n) is 2.17. The van der Waals surface area contributed by atoms with E-state index in [1.54, 1.807) is 6.20 Å². The normalized spacial score (nSPS) is 12.9. The summed E-state index contributed by atoms with van der Waals surface area (Å²) in [4.78, 5) is 17.6. The highest BCUT2D eigenvalue weighted by atomic mass is 16.1. The number of nitrogens with one attached hydrogen (secondary N) is 1. The molecule has 3 N–H and O–H groups in total. The zero-order valence-corrected chi connectivity index (χ0v) is 7.60. The predicted molar refractivity (Wildman–Crippen MR) is 53.8 cm³/mol. The van der Waals surface area contributed by atoms with Gasteiger partial charge in [0, 0.05) is 17.8 Å². The van der Waals surface area contributed by atoms with Crippen molar-refractivity contribution in [3.8, 4) is 0 Å². The van der Waals surface area contributed by atoms with Gasteiger partial charge in [-0.25, -0.2) is 4.98 Å². The number of aldehydes is 1. The smallest absolute Gasteiger partial charge is 0.137 e. The van der Waals surface area contributed by atoms with Gasteiger partial charge < -0.3 is 15.5 Å². The Morgan fingerprint density at radius 2 is 2.50 bits per heavy atom. The van der Waals surface area contributed by atoms with Crippen LogP contribution in [0.5, 0.6) is 0 Å². The van der Waals surface area contributed by atoms with Gasteiger partial charge in [-0.3, -0.25) is 0 Å². The Labute approximate surface area is 81.1 Å². The number of pyridine rings is 1. The molecule has 0 bridgehead atoms. The Morgan fingerprint density at radius 3 is 3.29 bits per heavy atom. The number of hydrogen-bond acceptors (Lipinski definition) is 3. The summed E-state index contributed by atoms with van der Waals surface area (Å²) in [5.41, 5.74) is 7.42. The van der Waals surface area contributed by atoms with Crippen molar-refractivity contribution in [1.82, 2.24) is 9.97 Å². The Hall–Kier alpha value is -1.68. The second-order valence-corrected chi connectivity index (χ2v) is 3.22. The van der Waals surface area contributed by atoms with Gasteiger partial charge in [0.2, 0.25) is 0 Å². The highest BCUT2D eigenvalue weighted by Crippen LogP contribution is 2.16. The molecule has 0 aliphatic rings. The van der Waals surface area contributed by atoms with Crippen LogP contribution in [0, 0.1) is 0 Å². The fraction of sp³-hybridized carbons (Fsp3) is 0.200. The molecular weight excluding hydrogens is 178 g/mol. The van der Waals surface area contributed by atoms with Crippen LogP contribution < -0.4 is 5.73 Å². The van der Waals surface area contributed by atoms with Crippen LogP contribution in [0.15, 0.2) is 24.5 Å². The zero-order chi connectivity index (χ0) is 9.97. The lowest BCUT2D eigenvalue weighted by Crippen LogP contribution is -2.23. The molecule has 0 saturated carbocycles. The first-order valence-corrected chi connectivity index (χ1v) is 4.43. The first-order valence-electron chi connectivity index (χ1n) is 4.43. The number of nitrogens with zero attached hydrogens (tertiary/aromatic N) is 1. The molecule has 0 aromatic carbocycles. The molecular formula is C10H11N3O. The molecule has 0 aliphatic carbocycles. The lowest BCUT2D eigenvalue weighted by atomic mass is 10.1. The van der Waals surface area contributed by atoms with Crippen LogP contribution in [0.25, 0.3) is 11.0 Å². The van der Waals surface area contributed by atoms with E-state index in [9.17, 15) is 4.79 Å². The number of H-pyrrole nitrogens is 1. The number of fused-ring (bicyclic) bond motifs is 1. The summed E-state index contributed by atoms with van der Waals surface area (Å²) in [7, 11) is 0. The van der Waals surface area contributed by atoms with Crippen LogP contribution in [0.2, 0.25) is 0 Å². The van der Waals surface area contributed by atoms with Crippen molar-refractivity contribution in [2.45, 2.75) is 12.5 Å². The highest BCUT2D eigenvalue weighted by molar-refractivity contribution is 5.80. The summed E-state index contributed by atoms with van der Waals surface area (Å²) < 4.78 is 0. The molecule has 72 valence electrons. The van der Waals surface area contributed by atoms with Crippen molar-refractivity contribution < 1.29 is 4.79 Å². The number of aromatic amines is 1. The van der Waals surface area contributed by atoms with Gasteiger partial charge in [-0.15, -0.1) is 0 Å². The molecule has 0 fully saturated rings. The molecule has 2 heterocycles. The Morgan fingerprint density at radius 1 is 1.64 bits per heavy atom. The number of aromatic nitrogens is 2. The van der Waals surface area contributed by atoms with E-state index in [1.807, 2.05) is 18.3 Å². The van der Waals surface area contributed by atoms with Gasteiger partial charge >= 0.3 is 0 Å². The van der Waals surface area contributed by atoms with E-state index in [4.69, 9.17) is 5.73 Å². The minimum absolute atomic E-state index is 0.436. The van der Waals surface area contributed by atoms with E-state index in [-0.39, 0.29) is 0 Å². The average molecular weight is 189 g/mol. The quantitative estimate of drug-likeness (QED) is 0.696. The van der Waals surface area contributed by atoms with Crippen LogP contribution in [0.3, 0.4) is 0 Å². The fourth-order valence-corrected chi connectivity index (χ4v) is 1.48. The van der Waals surface area contributed by atoms with Gasteiger partial charge in [-0.1, -0.05) is 0 Å². The van der Waals surface area contributed by atoms with E-state index in [2.05, 4.69) is 9.97 Å². The summed E-state index contributed by atoms with van der Waals surface area (Å²) in [6.07, 6.45) is 4.88. The number of hydrogen-bond donors (Lipinski definition) is 2. The maximum atomic E-state index is 10.4. The van der Waals surface area contributed by atoms with Crippen molar-refractivity contribution in [1.29, 1.82) is 0 Å². The molecule has 0 spiro atoms. The van der Waals surface area contributed by atoms with E-state index in [0.717, 1.165) is 22.9 Å². The maximum Gasteiger partial charge on any atom is 0.137 e. The largest absolute Gasteiger partial charge is 0.346 e. The van der Waals surface area contributed by atoms with Gasteiger partial charge in [0.05, 0.1) is 6.04 Å². The molecule has 0 unspecified atom stereocenters. The third-order valence-corrected chi connectivity index (χ3v) is 2.17. The molecule has 0 amide bonds. The molecule has 2 aromatic rings. The Kier molecular flexibility index (Phi) is 2.28. The minimum Gasteiger partial charge on any atom is -0.346 e. The topological polar surface area (TPSA) is 71.8 Å². The average Bonchev–Trinajstić information content (AvgIpc) is 2.62. The molecule has 0 aliphatic heterocycles. The van der Waals surface area contributed by atoms with Crippen molar-refractivity contribution in [2.75, 3.05) is 0 Å². The van der Waals surface area contributed by atoms with Gasteiger partial charge in [0.15, 0.2) is 0 Å². The summed E-state index contributed by atoms with van der Waals surface area (Å²) in [6, 6.07) is 3.40. The number of carbonyl (C=O) groups excluding carboxylic acids is 1. The van der Waals surface area contributed by atoms with Gasteiger partial charge in [-0.2, -0.15) is 0 Å². The summed E-state index contributed by atoms with van der Waals surface area (Å²) in [6.45, 7) is 0. The second-order valence-electron chi connectivity index (χ2n) is 3.22. The first kappa shape index (κ1) is 8.90. The standard InChI is InChI=1S/C10H11N3O/c11-8(6-14)4-7-5-13-10-9(7)2-1-3-12-10/h1-3,5-6,8H,4,11H2,(H,12,13)/t8-/m1/s1. The first-order chi connectivity index (χ1) is 6.81. The third kappa shape index (κ3) is 1.52. The van der Waals surface area contributed by atoms with Gasteiger partial charge in [-0.05, 0) is 24.1 Å². The zero-order valence-electron chi connectivity index (χ0n) is 7.60. The SMILES string of the molecule is N[C@@H](C=O)Cc1c[nH]c2ncccc12.